The van der Waals surface area contributed by atoms with Crippen molar-refractivity contribution < 1.29 is 14.0 Å². The summed E-state index contributed by atoms with van der Waals surface area (Å²) in [6.07, 6.45) is 1.97. The Balaban J connectivity index is 1.96. The summed E-state index contributed by atoms with van der Waals surface area (Å²) in [5, 5.41) is 0. The van der Waals surface area contributed by atoms with E-state index < -0.39 is 10.7 Å². The van der Waals surface area contributed by atoms with Gasteiger partial charge in [-0.15, -0.1) is 18.3 Å². The maximum atomic E-state index is 13.9. The number of anilines is 2. The van der Waals surface area contributed by atoms with Gasteiger partial charge in [0.1, 0.15) is 5.82 Å². The minimum Gasteiger partial charge on any atom is -0.305 e. The minimum atomic E-state index is -1.21. The van der Waals surface area contributed by atoms with Crippen LogP contribution in [0.3, 0.4) is 0 Å². The Kier molecular flexibility index (Phi) is 4.07. The third kappa shape index (κ3) is 2.29. The summed E-state index contributed by atoms with van der Waals surface area (Å²) in [5.74, 6) is -0.284. The highest BCUT2D eigenvalue weighted by atomic mass is 32.2. The largest absolute Gasteiger partial charge is 0.305 e. The molecule has 2 amide bonds. The van der Waals surface area contributed by atoms with Gasteiger partial charge in [-0.25, -0.2) is 4.39 Å². The highest BCUT2D eigenvalue weighted by molar-refractivity contribution is 8.01. The van der Waals surface area contributed by atoms with E-state index in [4.69, 9.17) is 0 Å². The van der Waals surface area contributed by atoms with Crippen molar-refractivity contribution in [2.75, 3.05) is 22.1 Å². The first-order valence-electron chi connectivity index (χ1n) is 8.34. The second-order valence-corrected chi connectivity index (χ2v) is 7.46. The van der Waals surface area contributed by atoms with Gasteiger partial charge >= 0.3 is 0 Å². The van der Waals surface area contributed by atoms with Crippen molar-refractivity contribution in [2.45, 2.75) is 11.3 Å². The summed E-state index contributed by atoms with van der Waals surface area (Å²) in [6, 6.07) is 13.3. The fraction of sp³-hybridized carbons (Fsp3) is 0.200. The van der Waals surface area contributed by atoms with E-state index in [-0.39, 0.29) is 11.8 Å². The van der Waals surface area contributed by atoms with Crippen molar-refractivity contribution in [1.29, 1.82) is 0 Å². The number of benzene rings is 2. The van der Waals surface area contributed by atoms with E-state index in [0.717, 1.165) is 11.3 Å². The predicted molar refractivity (Wildman–Crippen MR) is 102 cm³/mol. The number of para-hydroxylation sites is 1. The van der Waals surface area contributed by atoms with E-state index in [1.54, 1.807) is 23.1 Å². The molecular weight excluding hydrogens is 351 g/mol. The van der Waals surface area contributed by atoms with Gasteiger partial charge in [0.2, 0.25) is 10.8 Å². The molecule has 0 radical (unpaired) electrons. The lowest BCUT2D eigenvalue weighted by Crippen LogP contribution is -2.56. The number of hydrogen-bond acceptors (Lipinski definition) is 3. The van der Waals surface area contributed by atoms with E-state index in [9.17, 15) is 14.0 Å². The van der Waals surface area contributed by atoms with Crippen molar-refractivity contribution in [3.05, 3.63) is 72.6 Å². The molecule has 26 heavy (non-hydrogen) atoms. The average Bonchev–Trinajstić information content (AvgIpc) is 2.86. The topological polar surface area (TPSA) is 40.6 Å². The molecule has 2 aromatic rings. The number of carbonyl (C=O) groups excluding carboxylic acids is 2. The molecule has 6 heteroatoms. The van der Waals surface area contributed by atoms with E-state index in [2.05, 4.69) is 6.58 Å². The van der Waals surface area contributed by atoms with E-state index >= 15 is 0 Å². The summed E-state index contributed by atoms with van der Waals surface area (Å²) in [6.45, 7) is 4.09. The monoisotopic (exact) mass is 368 g/mol. The second-order valence-electron chi connectivity index (χ2n) is 6.17. The van der Waals surface area contributed by atoms with Crippen LogP contribution < -0.4 is 9.80 Å². The molecule has 132 valence electrons. The zero-order valence-corrected chi connectivity index (χ0v) is 14.8. The van der Waals surface area contributed by atoms with Crippen LogP contribution >= 0.6 is 11.8 Å². The molecule has 1 fully saturated rings. The standard InChI is InChI=1S/C20H17FN2O2S/c1-2-11-22-17-9-4-3-8-16(17)20(19(22)25)23(18(24)10-12-26-20)15-7-5-6-14(21)13-15/h2-9,13H,1,10-12H2. The van der Waals surface area contributed by atoms with Crippen molar-refractivity contribution >= 4 is 35.0 Å². The Bertz CT molecular complexity index is 916. The van der Waals surface area contributed by atoms with Gasteiger partial charge in [-0.1, -0.05) is 30.3 Å². The normalized spacial score (nSPS) is 22.0. The Labute approximate surface area is 155 Å². The van der Waals surface area contributed by atoms with Gasteiger partial charge in [-0.05, 0) is 24.3 Å². The molecule has 1 spiro atoms. The second kappa shape index (κ2) is 6.29. The number of halogens is 1. The Morgan fingerprint density at radius 3 is 2.77 bits per heavy atom. The molecule has 2 heterocycles. The smallest absolute Gasteiger partial charge is 0.269 e. The van der Waals surface area contributed by atoms with Crippen LogP contribution in [0.25, 0.3) is 0 Å². The van der Waals surface area contributed by atoms with Crippen molar-refractivity contribution in [2.24, 2.45) is 0 Å². The zero-order chi connectivity index (χ0) is 18.3. The highest BCUT2D eigenvalue weighted by Gasteiger charge is 2.58. The average molecular weight is 368 g/mol. The summed E-state index contributed by atoms with van der Waals surface area (Å²) >= 11 is 1.42. The molecule has 4 rings (SSSR count). The van der Waals surface area contributed by atoms with Gasteiger partial charge in [0.25, 0.3) is 5.91 Å². The maximum absolute atomic E-state index is 13.9. The van der Waals surface area contributed by atoms with Crippen molar-refractivity contribution in [1.82, 2.24) is 0 Å². The van der Waals surface area contributed by atoms with Crippen molar-refractivity contribution in [3.63, 3.8) is 0 Å². The maximum Gasteiger partial charge on any atom is 0.269 e. The molecule has 0 aromatic heterocycles. The molecule has 0 bridgehead atoms. The van der Waals surface area contributed by atoms with Crippen LogP contribution in [0.4, 0.5) is 15.8 Å². The lowest BCUT2D eigenvalue weighted by atomic mass is 10.0. The van der Waals surface area contributed by atoms with E-state index in [1.165, 1.54) is 28.8 Å². The lowest BCUT2D eigenvalue weighted by Gasteiger charge is -2.42. The van der Waals surface area contributed by atoms with Gasteiger partial charge in [-0.3, -0.25) is 14.5 Å². The molecule has 2 aromatic carbocycles. The SMILES string of the molecule is C=CCN1C(=O)C2(SCCC(=O)N2c2cccc(F)c2)c2ccccc21. The van der Waals surface area contributed by atoms with Crippen LogP contribution in [-0.2, 0) is 14.5 Å². The molecule has 2 aliphatic rings. The zero-order valence-electron chi connectivity index (χ0n) is 14.0. The van der Waals surface area contributed by atoms with Crippen LogP contribution in [0.1, 0.15) is 12.0 Å². The molecular formula is C20H17FN2O2S. The third-order valence-corrected chi connectivity index (χ3v) is 6.07. The van der Waals surface area contributed by atoms with Crippen LogP contribution in [-0.4, -0.2) is 24.1 Å². The Morgan fingerprint density at radius 1 is 1.19 bits per heavy atom. The fourth-order valence-electron chi connectivity index (χ4n) is 3.65. The van der Waals surface area contributed by atoms with Gasteiger partial charge in [-0.2, -0.15) is 0 Å². The first-order valence-corrected chi connectivity index (χ1v) is 9.33. The Morgan fingerprint density at radius 2 is 2.00 bits per heavy atom. The molecule has 1 atom stereocenters. The number of carbonyl (C=O) groups is 2. The number of amides is 2. The molecule has 4 nitrogen and oxygen atoms in total. The lowest BCUT2D eigenvalue weighted by molar-refractivity contribution is -0.125. The number of nitrogens with zero attached hydrogens (tertiary/aromatic N) is 2. The van der Waals surface area contributed by atoms with E-state index in [0.29, 0.717) is 24.4 Å². The number of thioether (sulfide) groups is 1. The minimum absolute atomic E-state index is 0.182. The summed E-state index contributed by atoms with van der Waals surface area (Å²) in [7, 11) is 0. The molecule has 0 N–H and O–H groups in total. The molecule has 2 aliphatic heterocycles. The molecule has 1 unspecified atom stereocenters. The van der Waals surface area contributed by atoms with Crippen LogP contribution in [0.2, 0.25) is 0 Å². The van der Waals surface area contributed by atoms with Gasteiger partial charge < -0.3 is 4.90 Å². The van der Waals surface area contributed by atoms with Crippen LogP contribution in [0, 0.1) is 5.82 Å². The molecule has 0 aliphatic carbocycles. The van der Waals surface area contributed by atoms with Gasteiger partial charge in [0, 0.05) is 30.0 Å². The summed E-state index contributed by atoms with van der Waals surface area (Å²) in [4.78, 5) is 28.3. The van der Waals surface area contributed by atoms with Gasteiger partial charge in [0.05, 0.1) is 5.69 Å². The first kappa shape index (κ1) is 16.8. The van der Waals surface area contributed by atoms with Crippen LogP contribution in [0.5, 0.6) is 0 Å². The predicted octanol–water partition coefficient (Wildman–Crippen LogP) is 3.68. The van der Waals surface area contributed by atoms with E-state index in [1.807, 2.05) is 24.3 Å². The fourth-order valence-corrected chi connectivity index (χ4v) is 5.12. The van der Waals surface area contributed by atoms with Gasteiger partial charge in [0.15, 0.2) is 0 Å². The summed E-state index contributed by atoms with van der Waals surface area (Å²) in [5.41, 5.74) is 1.92. The van der Waals surface area contributed by atoms with Crippen molar-refractivity contribution in [3.8, 4) is 0 Å². The molecule has 0 saturated carbocycles. The number of fused-ring (bicyclic) bond motifs is 2. The summed E-state index contributed by atoms with van der Waals surface area (Å²) < 4.78 is 13.9. The number of hydrogen-bond donors (Lipinski definition) is 0. The Hall–Kier alpha value is -2.60. The quantitative estimate of drug-likeness (QED) is 0.776. The molecule has 1 saturated heterocycles. The number of rotatable bonds is 3. The third-order valence-electron chi connectivity index (χ3n) is 4.66. The highest BCUT2D eigenvalue weighted by Crippen LogP contribution is 2.54. The first-order chi connectivity index (χ1) is 12.6. The van der Waals surface area contributed by atoms with Crippen LogP contribution in [0.15, 0.2) is 61.2 Å².